The second kappa shape index (κ2) is 6.41. The van der Waals surface area contributed by atoms with Crippen molar-refractivity contribution in [1.82, 2.24) is 19.7 Å². The zero-order valence-corrected chi connectivity index (χ0v) is 15.9. The quantitative estimate of drug-likeness (QED) is 0.651. The minimum Gasteiger partial charge on any atom is -0.384 e. The number of fused-ring (bicyclic) bond motifs is 1. The number of nitrogens with zero attached hydrogens (tertiary/aromatic N) is 3. The maximum atomic E-state index is 12.3. The third-order valence-electron chi connectivity index (χ3n) is 4.13. The van der Waals surface area contributed by atoms with E-state index in [4.69, 9.17) is 11.6 Å². The van der Waals surface area contributed by atoms with Gasteiger partial charge in [-0.1, -0.05) is 29.8 Å². The summed E-state index contributed by atoms with van der Waals surface area (Å²) in [5.74, 6) is 0.265. The predicted octanol–water partition coefficient (Wildman–Crippen LogP) is 2.85. The van der Waals surface area contributed by atoms with Crippen LogP contribution in [0.3, 0.4) is 0 Å². The topological polar surface area (TPSA) is 95.8 Å². The van der Waals surface area contributed by atoms with Crippen molar-refractivity contribution >= 4 is 28.6 Å². The van der Waals surface area contributed by atoms with Crippen LogP contribution >= 0.6 is 11.6 Å². The second-order valence-corrected chi connectivity index (χ2v) is 7.89. The average Bonchev–Trinajstić information content (AvgIpc) is 2.98. The fourth-order valence-electron chi connectivity index (χ4n) is 2.74. The van der Waals surface area contributed by atoms with Crippen molar-refractivity contribution in [3.63, 3.8) is 0 Å². The number of H-pyrrole nitrogens is 1. The van der Waals surface area contributed by atoms with Crippen molar-refractivity contribution in [2.24, 2.45) is 0 Å². The van der Waals surface area contributed by atoms with E-state index in [1.54, 1.807) is 29.8 Å². The highest BCUT2D eigenvalue weighted by molar-refractivity contribution is 6.31. The number of aromatic nitrogens is 4. The third kappa shape index (κ3) is 3.45. The van der Waals surface area contributed by atoms with Crippen molar-refractivity contribution in [3.05, 3.63) is 51.4 Å². The first-order valence-electron chi connectivity index (χ1n) is 8.29. The third-order valence-corrected chi connectivity index (χ3v) is 4.46. The monoisotopic (exact) mass is 375 g/mol. The fourth-order valence-corrected chi connectivity index (χ4v) is 3.08. The van der Waals surface area contributed by atoms with E-state index < -0.39 is 5.60 Å². The van der Waals surface area contributed by atoms with Gasteiger partial charge in [-0.25, -0.2) is 4.68 Å². The standard InChI is InChI=1S/C18H22ClN5O2/c1-17(2,3)24-14-11(9-21-24)15(25)23-16(22-14)20-10-18(4,26)12-7-5-6-8-13(12)19/h5-9,26H,10H2,1-4H3,(H2,20,22,23,25). The zero-order valence-electron chi connectivity index (χ0n) is 15.2. The fraction of sp³-hybridized carbons (Fsp3) is 0.389. The minimum absolute atomic E-state index is 0.120. The molecule has 3 aromatic rings. The van der Waals surface area contributed by atoms with Crippen molar-refractivity contribution in [2.45, 2.75) is 38.8 Å². The van der Waals surface area contributed by atoms with Gasteiger partial charge in [-0.2, -0.15) is 10.1 Å². The Bertz CT molecular complexity index is 1000. The smallest absolute Gasteiger partial charge is 0.263 e. The van der Waals surface area contributed by atoms with Gasteiger partial charge in [-0.15, -0.1) is 0 Å². The van der Waals surface area contributed by atoms with Gasteiger partial charge in [0.1, 0.15) is 11.0 Å². The van der Waals surface area contributed by atoms with Gasteiger partial charge in [0.15, 0.2) is 5.65 Å². The Balaban J connectivity index is 1.92. The lowest BCUT2D eigenvalue weighted by molar-refractivity contribution is 0.0714. The predicted molar refractivity (Wildman–Crippen MR) is 103 cm³/mol. The molecule has 0 bridgehead atoms. The molecule has 0 saturated carbocycles. The van der Waals surface area contributed by atoms with E-state index in [0.29, 0.717) is 21.6 Å². The number of benzene rings is 1. The van der Waals surface area contributed by atoms with E-state index in [-0.39, 0.29) is 23.6 Å². The molecule has 2 heterocycles. The first-order valence-corrected chi connectivity index (χ1v) is 8.67. The highest BCUT2D eigenvalue weighted by atomic mass is 35.5. The molecule has 0 saturated heterocycles. The summed E-state index contributed by atoms with van der Waals surface area (Å²) in [4.78, 5) is 19.5. The Morgan fingerprint density at radius 1 is 1.27 bits per heavy atom. The molecule has 7 nitrogen and oxygen atoms in total. The van der Waals surface area contributed by atoms with Crippen LogP contribution in [0.5, 0.6) is 0 Å². The molecule has 1 unspecified atom stereocenters. The Morgan fingerprint density at radius 2 is 1.96 bits per heavy atom. The number of aromatic amines is 1. The first-order chi connectivity index (χ1) is 12.1. The van der Waals surface area contributed by atoms with Gasteiger partial charge in [-0.3, -0.25) is 9.78 Å². The van der Waals surface area contributed by atoms with Crippen LogP contribution < -0.4 is 10.9 Å². The molecule has 0 aliphatic heterocycles. The average molecular weight is 376 g/mol. The van der Waals surface area contributed by atoms with Crippen LogP contribution in [0.15, 0.2) is 35.3 Å². The van der Waals surface area contributed by atoms with Gasteiger partial charge < -0.3 is 10.4 Å². The maximum Gasteiger partial charge on any atom is 0.263 e. The zero-order chi connectivity index (χ0) is 19.1. The first kappa shape index (κ1) is 18.4. The highest BCUT2D eigenvalue weighted by Crippen LogP contribution is 2.28. The van der Waals surface area contributed by atoms with Gasteiger partial charge in [0, 0.05) is 10.6 Å². The molecule has 0 aliphatic carbocycles. The van der Waals surface area contributed by atoms with E-state index in [0.717, 1.165) is 0 Å². The lowest BCUT2D eigenvalue weighted by atomic mass is 9.96. The van der Waals surface area contributed by atoms with Gasteiger partial charge in [-0.05, 0) is 33.8 Å². The number of hydrogen-bond donors (Lipinski definition) is 3. The van der Waals surface area contributed by atoms with E-state index in [1.807, 2.05) is 26.8 Å². The summed E-state index contributed by atoms with van der Waals surface area (Å²) >= 11 is 6.18. The summed E-state index contributed by atoms with van der Waals surface area (Å²) in [6, 6.07) is 7.09. The van der Waals surface area contributed by atoms with E-state index in [2.05, 4.69) is 20.4 Å². The van der Waals surface area contributed by atoms with Crippen LogP contribution in [0, 0.1) is 0 Å². The Hall–Kier alpha value is -2.38. The van der Waals surface area contributed by atoms with E-state index in [1.165, 1.54) is 6.20 Å². The number of hydrogen-bond acceptors (Lipinski definition) is 5. The van der Waals surface area contributed by atoms with Gasteiger partial charge in [0.25, 0.3) is 5.56 Å². The number of nitrogens with one attached hydrogen (secondary N) is 2. The SMILES string of the molecule is CC(O)(CNc1nc2c(cnn2C(C)(C)C)c(=O)[nH]1)c1ccccc1Cl. The van der Waals surface area contributed by atoms with Crippen molar-refractivity contribution < 1.29 is 5.11 Å². The summed E-state index contributed by atoms with van der Waals surface area (Å²) in [6.45, 7) is 7.72. The van der Waals surface area contributed by atoms with Crippen LogP contribution in [0.1, 0.15) is 33.3 Å². The molecule has 1 atom stereocenters. The molecule has 0 amide bonds. The van der Waals surface area contributed by atoms with Crippen LogP contribution in [0.25, 0.3) is 11.0 Å². The number of anilines is 1. The molecule has 3 rings (SSSR count). The van der Waals surface area contributed by atoms with Crippen LogP contribution in [-0.4, -0.2) is 31.4 Å². The summed E-state index contributed by atoms with van der Waals surface area (Å²) < 4.78 is 1.70. The molecule has 8 heteroatoms. The lowest BCUT2D eigenvalue weighted by Gasteiger charge is -2.25. The molecule has 0 fully saturated rings. The molecule has 0 spiro atoms. The number of halogens is 1. The van der Waals surface area contributed by atoms with Gasteiger partial charge >= 0.3 is 0 Å². The normalized spacial score (nSPS) is 14.4. The minimum atomic E-state index is -1.24. The van der Waals surface area contributed by atoms with Crippen LogP contribution in [0.4, 0.5) is 5.95 Å². The molecule has 3 N–H and O–H groups in total. The molecule has 1 aromatic carbocycles. The van der Waals surface area contributed by atoms with E-state index in [9.17, 15) is 9.90 Å². The van der Waals surface area contributed by atoms with Gasteiger partial charge in [0.05, 0.1) is 18.3 Å². The van der Waals surface area contributed by atoms with Crippen LogP contribution in [0.2, 0.25) is 5.02 Å². The van der Waals surface area contributed by atoms with Crippen molar-refractivity contribution in [2.75, 3.05) is 11.9 Å². The molecule has 26 heavy (non-hydrogen) atoms. The van der Waals surface area contributed by atoms with Gasteiger partial charge in [0.2, 0.25) is 5.95 Å². The summed E-state index contributed by atoms with van der Waals surface area (Å²) in [7, 11) is 0. The summed E-state index contributed by atoms with van der Waals surface area (Å²) in [5, 5.41) is 18.9. The molecule has 0 radical (unpaired) electrons. The molecule has 2 aromatic heterocycles. The Labute approximate surface area is 156 Å². The second-order valence-electron chi connectivity index (χ2n) is 7.49. The highest BCUT2D eigenvalue weighted by Gasteiger charge is 2.26. The van der Waals surface area contributed by atoms with E-state index >= 15 is 0 Å². The molecule has 138 valence electrons. The summed E-state index contributed by atoms with van der Waals surface area (Å²) in [6.07, 6.45) is 1.51. The lowest BCUT2D eigenvalue weighted by Crippen LogP contribution is -2.32. The van der Waals surface area contributed by atoms with Crippen LogP contribution in [-0.2, 0) is 11.1 Å². The van der Waals surface area contributed by atoms with Crippen molar-refractivity contribution in [3.8, 4) is 0 Å². The molecular weight excluding hydrogens is 354 g/mol. The largest absolute Gasteiger partial charge is 0.384 e. The Morgan fingerprint density at radius 3 is 2.62 bits per heavy atom. The molecule has 0 aliphatic rings. The number of aliphatic hydroxyl groups is 1. The van der Waals surface area contributed by atoms with Crippen molar-refractivity contribution in [1.29, 1.82) is 0 Å². The molecular formula is C18H22ClN5O2. The number of rotatable bonds is 4. The Kier molecular flexibility index (Phi) is 4.54. The maximum absolute atomic E-state index is 12.3. The summed E-state index contributed by atoms with van der Waals surface area (Å²) in [5.41, 5.74) is -0.761.